The second-order valence-corrected chi connectivity index (χ2v) is 12.6. The van der Waals surface area contributed by atoms with Gasteiger partial charge in [-0.3, -0.25) is 14.2 Å². The molecule has 0 spiro atoms. The van der Waals surface area contributed by atoms with E-state index in [1.54, 1.807) is 10.6 Å². The molecule has 9 heteroatoms. The standard InChI is InChI=1S/C31H41FN4O4/c1-19(2)18-31(4,5)30(38)39-25-7-6-13-36-28(25)33-20(3)23(29(36)37)12-16-35-14-10-21(11-15-35)27-24-9-8-22(32)17-26(24)40-34-27/h8-9,17,19,21,25H,6-7,10-16,18H2,1-5H3. The van der Waals surface area contributed by atoms with Crippen molar-refractivity contribution in [2.45, 2.75) is 91.7 Å². The zero-order valence-electron chi connectivity index (χ0n) is 24.3. The number of esters is 1. The highest BCUT2D eigenvalue weighted by Gasteiger charge is 2.35. The topological polar surface area (TPSA) is 90.5 Å². The third kappa shape index (κ3) is 5.85. The maximum absolute atomic E-state index is 13.6. The van der Waals surface area contributed by atoms with Crippen molar-refractivity contribution < 1.29 is 18.4 Å². The van der Waals surface area contributed by atoms with Gasteiger partial charge in [-0.15, -0.1) is 0 Å². The summed E-state index contributed by atoms with van der Waals surface area (Å²) >= 11 is 0. The fourth-order valence-corrected chi connectivity index (χ4v) is 6.46. The lowest BCUT2D eigenvalue weighted by atomic mass is 9.84. The quantitative estimate of drug-likeness (QED) is 0.331. The summed E-state index contributed by atoms with van der Waals surface area (Å²) in [6, 6.07) is 4.58. The minimum atomic E-state index is -0.585. The summed E-state index contributed by atoms with van der Waals surface area (Å²) in [6.45, 7) is 13.1. The molecule has 216 valence electrons. The number of hydrogen-bond acceptors (Lipinski definition) is 7. The number of likely N-dealkylation sites (tertiary alicyclic amines) is 1. The smallest absolute Gasteiger partial charge is 0.312 e. The molecule has 1 saturated heterocycles. The molecule has 40 heavy (non-hydrogen) atoms. The number of benzene rings is 1. The molecule has 0 saturated carbocycles. The van der Waals surface area contributed by atoms with Crippen LogP contribution in [0.5, 0.6) is 0 Å². The maximum atomic E-state index is 13.6. The molecule has 0 radical (unpaired) electrons. The fraction of sp³-hybridized carbons (Fsp3) is 0.613. The van der Waals surface area contributed by atoms with Crippen molar-refractivity contribution >= 4 is 16.9 Å². The van der Waals surface area contributed by atoms with E-state index in [0.29, 0.717) is 36.7 Å². The number of carbonyl (C=O) groups is 1. The van der Waals surface area contributed by atoms with Crippen LogP contribution in [0.1, 0.15) is 94.6 Å². The van der Waals surface area contributed by atoms with Crippen LogP contribution in [0.25, 0.3) is 11.0 Å². The number of aromatic nitrogens is 3. The molecule has 1 unspecified atom stereocenters. The molecule has 2 aromatic heterocycles. The lowest BCUT2D eigenvalue weighted by Gasteiger charge is -2.32. The van der Waals surface area contributed by atoms with Gasteiger partial charge in [0.15, 0.2) is 17.5 Å². The molecule has 8 nitrogen and oxygen atoms in total. The van der Waals surface area contributed by atoms with Gasteiger partial charge in [-0.25, -0.2) is 9.37 Å². The van der Waals surface area contributed by atoms with Crippen LogP contribution in [0.15, 0.2) is 27.5 Å². The Kier molecular flexibility index (Phi) is 8.13. The van der Waals surface area contributed by atoms with Crippen molar-refractivity contribution in [1.82, 2.24) is 19.6 Å². The van der Waals surface area contributed by atoms with Crippen LogP contribution in [0.4, 0.5) is 4.39 Å². The third-order valence-electron chi connectivity index (χ3n) is 8.47. The summed E-state index contributed by atoms with van der Waals surface area (Å²) in [4.78, 5) is 33.8. The van der Waals surface area contributed by atoms with Gasteiger partial charge in [0, 0.05) is 41.7 Å². The van der Waals surface area contributed by atoms with E-state index in [-0.39, 0.29) is 23.3 Å². The molecule has 1 aromatic carbocycles. The summed E-state index contributed by atoms with van der Waals surface area (Å²) in [6.07, 6.45) is 4.19. The van der Waals surface area contributed by atoms with Crippen LogP contribution in [0.3, 0.4) is 0 Å². The molecule has 0 N–H and O–H groups in total. The number of aryl methyl sites for hydroxylation is 1. The number of carbonyl (C=O) groups excluding carboxylic acids is 1. The van der Waals surface area contributed by atoms with Crippen molar-refractivity contribution in [3.8, 4) is 0 Å². The molecule has 5 rings (SSSR count). The van der Waals surface area contributed by atoms with Crippen molar-refractivity contribution in [2.24, 2.45) is 11.3 Å². The van der Waals surface area contributed by atoms with Crippen LogP contribution < -0.4 is 5.56 Å². The monoisotopic (exact) mass is 552 g/mol. The highest BCUT2D eigenvalue weighted by Crippen LogP contribution is 2.34. The second kappa shape index (κ2) is 11.4. The van der Waals surface area contributed by atoms with E-state index in [2.05, 4.69) is 23.9 Å². The van der Waals surface area contributed by atoms with E-state index in [4.69, 9.17) is 14.2 Å². The van der Waals surface area contributed by atoms with Gasteiger partial charge < -0.3 is 14.2 Å². The summed E-state index contributed by atoms with van der Waals surface area (Å²) < 4.78 is 26.6. The first-order valence-electron chi connectivity index (χ1n) is 14.6. The second-order valence-electron chi connectivity index (χ2n) is 12.6. The number of rotatable bonds is 8. The number of hydrogen-bond donors (Lipinski definition) is 0. The Balaban J connectivity index is 1.22. The number of halogens is 1. The SMILES string of the molecule is Cc1nc2n(c(=O)c1CCN1CCC(c3noc4cc(F)ccc34)CC1)CCCC2OC(=O)C(C)(C)CC(C)C. The van der Waals surface area contributed by atoms with Gasteiger partial charge >= 0.3 is 5.97 Å². The largest absolute Gasteiger partial charge is 0.454 e. The summed E-state index contributed by atoms with van der Waals surface area (Å²) in [5.74, 6) is 0.670. The molecule has 1 fully saturated rings. The predicted molar refractivity (Wildman–Crippen MR) is 151 cm³/mol. The van der Waals surface area contributed by atoms with Crippen LogP contribution in [-0.2, 0) is 22.5 Å². The summed E-state index contributed by atoms with van der Waals surface area (Å²) in [5, 5.41) is 5.13. The molecule has 4 heterocycles. The van der Waals surface area contributed by atoms with Gasteiger partial charge in [0.05, 0.1) is 11.1 Å². The number of piperidine rings is 1. The van der Waals surface area contributed by atoms with Gasteiger partial charge in [-0.05, 0) is 90.4 Å². The Labute approximate surface area is 234 Å². The van der Waals surface area contributed by atoms with Gasteiger partial charge in [0.2, 0.25) is 0 Å². The van der Waals surface area contributed by atoms with E-state index in [1.807, 2.05) is 20.8 Å². The number of nitrogens with zero attached hydrogens (tertiary/aromatic N) is 4. The lowest BCUT2D eigenvalue weighted by Crippen LogP contribution is -2.39. The highest BCUT2D eigenvalue weighted by molar-refractivity contribution is 5.80. The predicted octanol–water partition coefficient (Wildman–Crippen LogP) is 5.70. The molecular formula is C31H41FN4O4. The van der Waals surface area contributed by atoms with Gasteiger partial charge in [0.25, 0.3) is 5.56 Å². The first-order chi connectivity index (χ1) is 19.0. The maximum Gasteiger partial charge on any atom is 0.312 e. The Morgan fingerprint density at radius 2 is 1.95 bits per heavy atom. The van der Waals surface area contributed by atoms with Crippen LogP contribution in [-0.4, -0.2) is 45.2 Å². The zero-order valence-corrected chi connectivity index (χ0v) is 24.3. The number of ether oxygens (including phenoxy) is 1. The zero-order chi connectivity index (χ0) is 28.6. The van der Waals surface area contributed by atoms with Crippen molar-refractivity contribution in [1.29, 1.82) is 0 Å². The molecule has 1 atom stereocenters. The third-order valence-corrected chi connectivity index (χ3v) is 8.47. The summed E-state index contributed by atoms with van der Waals surface area (Å²) in [7, 11) is 0. The van der Waals surface area contributed by atoms with E-state index >= 15 is 0 Å². The first kappa shape index (κ1) is 28.5. The Bertz CT molecular complexity index is 1440. The normalized spacial score (nSPS) is 18.8. The van der Waals surface area contributed by atoms with E-state index < -0.39 is 11.5 Å². The highest BCUT2D eigenvalue weighted by atomic mass is 19.1. The van der Waals surface area contributed by atoms with E-state index in [9.17, 15) is 14.0 Å². The average molecular weight is 553 g/mol. The molecule has 0 aliphatic carbocycles. The molecule has 3 aromatic rings. The average Bonchev–Trinajstić information content (AvgIpc) is 3.31. The van der Waals surface area contributed by atoms with Crippen LogP contribution in [0, 0.1) is 24.1 Å². The summed E-state index contributed by atoms with van der Waals surface area (Å²) in [5.41, 5.74) is 2.26. The Morgan fingerprint density at radius 3 is 2.67 bits per heavy atom. The van der Waals surface area contributed by atoms with Gasteiger partial charge in [0.1, 0.15) is 5.82 Å². The molecular weight excluding hydrogens is 511 g/mol. The minimum absolute atomic E-state index is 0.0131. The van der Waals surface area contributed by atoms with Crippen LogP contribution >= 0.6 is 0 Å². The Hall–Kier alpha value is -3.07. The minimum Gasteiger partial charge on any atom is -0.454 e. The molecule has 2 aliphatic rings. The Morgan fingerprint density at radius 1 is 1.20 bits per heavy atom. The van der Waals surface area contributed by atoms with E-state index in [0.717, 1.165) is 67.7 Å². The van der Waals surface area contributed by atoms with Crippen molar-refractivity contribution in [2.75, 3.05) is 19.6 Å². The van der Waals surface area contributed by atoms with Crippen LogP contribution in [0.2, 0.25) is 0 Å². The molecule has 0 amide bonds. The van der Waals surface area contributed by atoms with Gasteiger partial charge in [-0.1, -0.05) is 19.0 Å². The van der Waals surface area contributed by atoms with Crippen molar-refractivity contribution in [3.05, 3.63) is 57.1 Å². The number of fused-ring (bicyclic) bond motifs is 2. The molecule has 2 aliphatic heterocycles. The van der Waals surface area contributed by atoms with Crippen molar-refractivity contribution in [3.63, 3.8) is 0 Å². The fourth-order valence-electron chi connectivity index (χ4n) is 6.46. The lowest BCUT2D eigenvalue weighted by molar-refractivity contribution is -0.162. The first-order valence-corrected chi connectivity index (χ1v) is 14.6. The van der Waals surface area contributed by atoms with Gasteiger partial charge in [-0.2, -0.15) is 0 Å². The molecule has 0 bridgehead atoms. The van der Waals surface area contributed by atoms with E-state index in [1.165, 1.54) is 12.1 Å².